The van der Waals surface area contributed by atoms with Crippen molar-refractivity contribution in [3.8, 4) is 11.5 Å². The molecule has 0 heterocycles. The molecule has 0 spiro atoms. The van der Waals surface area contributed by atoms with Crippen molar-refractivity contribution in [2.24, 2.45) is 0 Å². The normalized spacial score (nSPS) is 11.0. The molecule has 2 N–H and O–H groups in total. The van der Waals surface area contributed by atoms with Crippen LogP contribution in [0.3, 0.4) is 0 Å². The van der Waals surface area contributed by atoms with Crippen molar-refractivity contribution in [3.05, 3.63) is 63.8 Å². The topological polar surface area (TPSA) is 84.9 Å². The Morgan fingerprint density at radius 3 is 2.52 bits per heavy atom. The van der Waals surface area contributed by atoms with Crippen molar-refractivity contribution in [1.29, 1.82) is 0 Å². The summed E-state index contributed by atoms with van der Waals surface area (Å²) in [6.07, 6.45) is 2.20. The molecule has 0 saturated heterocycles. The summed E-state index contributed by atoms with van der Waals surface area (Å²) in [6, 6.07) is 11.7. The first-order chi connectivity index (χ1) is 13.0. The first-order valence-electron chi connectivity index (χ1n) is 8.28. The fourth-order valence-electron chi connectivity index (χ4n) is 2.27. The van der Waals surface area contributed by atoms with Crippen LogP contribution in [0.15, 0.2) is 52.6 Å². The highest BCUT2D eigenvalue weighted by molar-refractivity contribution is 9.10. The summed E-state index contributed by atoms with van der Waals surface area (Å²) in [6.45, 7) is 2.52. The molecule has 142 valence electrons. The van der Waals surface area contributed by atoms with E-state index in [1.165, 1.54) is 13.2 Å². The summed E-state index contributed by atoms with van der Waals surface area (Å²) in [5.74, 6) is -0.747. The number of hydrogen-bond donors (Lipinski definition) is 2. The van der Waals surface area contributed by atoms with Crippen LogP contribution in [0.2, 0.25) is 0 Å². The summed E-state index contributed by atoms with van der Waals surface area (Å²) in [7, 11) is 1.50. The molecule has 1 amide bonds. The second-order valence-corrected chi connectivity index (χ2v) is 6.42. The minimum atomic E-state index is -1.25. The van der Waals surface area contributed by atoms with Gasteiger partial charge in [0.15, 0.2) is 11.5 Å². The smallest absolute Gasteiger partial charge is 0.352 e. The van der Waals surface area contributed by atoms with Crippen LogP contribution >= 0.6 is 15.9 Å². The molecule has 27 heavy (non-hydrogen) atoms. The third kappa shape index (κ3) is 5.59. The lowest BCUT2D eigenvalue weighted by Gasteiger charge is -2.13. The van der Waals surface area contributed by atoms with Crippen LogP contribution in [0, 0.1) is 0 Å². The molecule has 0 fully saturated rings. The number of carbonyl (C=O) groups excluding carboxylic acids is 1. The van der Waals surface area contributed by atoms with E-state index in [9.17, 15) is 14.7 Å². The van der Waals surface area contributed by atoms with Gasteiger partial charge in [0.1, 0.15) is 5.70 Å². The first-order valence-corrected chi connectivity index (χ1v) is 9.07. The van der Waals surface area contributed by atoms with Crippen molar-refractivity contribution in [2.75, 3.05) is 13.7 Å². The number of rotatable bonds is 8. The molecule has 2 aromatic rings. The van der Waals surface area contributed by atoms with E-state index in [4.69, 9.17) is 9.47 Å². The number of amides is 1. The SMILES string of the molecule is CCCOc1c(Br)cc(C=C(NC(=O)c2ccccc2)C(=O)O)cc1OC. The maximum absolute atomic E-state index is 12.2. The number of halogens is 1. The molecule has 0 aliphatic carbocycles. The number of nitrogens with one attached hydrogen (secondary N) is 1. The van der Waals surface area contributed by atoms with Crippen molar-refractivity contribution in [3.63, 3.8) is 0 Å². The zero-order chi connectivity index (χ0) is 19.8. The van der Waals surface area contributed by atoms with Gasteiger partial charge in [0.25, 0.3) is 5.91 Å². The molecule has 0 saturated carbocycles. The number of benzene rings is 2. The van der Waals surface area contributed by atoms with E-state index in [2.05, 4.69) is 21.2 Å². The molecular weight excluding hydrogens is 414 g/mol. The fraction of sp³-hybridized carbons (Fsp3) is 0.200. The minimum Gasteiger partial charge on any atom is -0.493 e. The number of hydrogen-bond acceptors (Lipinski definition) is 4. The lowest BCUT2D eigenvalue weighted by Crippen LogP contribution is -2.27. The summed E-state index contributed by atoms with van der Waals surface area (Å²) in [5, 5.41) is 11.9. The molecule has 0 aliphatic heterocycles. The number of aliphatic carboxylic acids is 1. The van der Waals surface area contributed by atoms with Crippen LogP contribution in [0.25, 0.3) is 6.08 Å². The first kappa shape index (κ1) is 20.5. The van der Waals surface area contributed by atoms with Gasteiger partial charge in [0.2, 0.25) is 0 Å². The fourth-order valence-corrected chi connectivity index (χ4v) is 2.84. The van der Waals surface area contributed by atoms with Crippen LogP contribution in [-0.2, 0) is 4.79 Å². The Morgan fingerprint density at radius 2 is 1.93 bits per heavy atom. The Morgan fingerprint density at radius 1 is 1.22 bits per heavy atom. The van der Waals surface area contributed by atoms with Crippen molar-refractivity contribution in [2.45, 2.75) is 13.3 Å². The maximum Gasteiger partial charge on any atom is 0.352 e. The number of carbonyl (C=O) groups is 2. The Kier molecular flexibility index (Phi) is 7.43. The van der Waals surface area contributed by atoms with Gasteiger partial charge >= 0.3 is 5.97 Å². The molecular formula is C20H20BrNO5. The molecule has 6 nitrogen and oxygen atoms in total. The zero-order valence-corrected chi connectivity index (χ0v) is 16.6. The van der Waals surface area contributed by atoms with Gasteiger partial charge in [-0.25, -0.2) is 4.79 Å². The largest absolute Gasteiger partial charge is 0.493 e. The molecule has 0 radical (unpaired) electrons. The summed E-state index contributed by atoms with van der Waals surface area (Å²) in [4.78, 5) is 23.8. The van der Waals surface area contributed by atoms with Gasteiger partial charge < -0.3 is 19.9 Å². The lowest BCUT2D eigenvalue weighted by atomic mass is 10.1. The second kappa shape index (κ2) is 9.78. The van der Waals surface area contributed by atoms with Gasteiger partial charge in [-0.05, 0) is 58.3 Å². The molecule has 2 aromatic carbocycles. The van der Waals surface area contributed by atoms with Crippen molar-refractivity contribution in [1.82, 2.24) is 5.32 Å². The minimum absolute atomic E-state index is 0.250. The Labute approximate surface area is 165 Å². The molecule has 0 aliphatic rings. The third-order valence-electron chi connectivity index (χ3n) is 3.53. The van der Waals surface area contributed by atoms with Crippen LogP contribution < -0.4 is 14.8 Å². The molecule has 2 rings (SSSR count). The van der Waals surface area contributed by atoms with E-state index in [0.717, 1.165) is 6.42 Å². The number of carboxylic acid groups (broad SMARTS) is 1. The molecule has 0 bridgehead atoms. The van der Waals surface area contributed by atoms with Crippen LogP contribution in [0.4, 0.5) is 0 Å². The lowest BCUT2D eigenvalue weighted by molar-refractivity contribution is -0.132. The number of ether oxygens (including phenoxy) is 2. The monoisotopic (exact) mass is 433 g/mol. The highest BCUT2D eigenvalue weighted by atomic mass is 79.9. The second-order valence-electron chi connectivity index (χ2n) is 5.57. The van der Waals surface area contributed by atoms with Gasteiger partial charge in [0.05, 0.1) is 18.2 Å². The predicted molar refractivity (Wildman–Crippen MR) is 106 cm³/mol. The van der Waals surface area contributed by atoms with Gasteiger partial charge in [-0.2, -0.15) is 0 Å². The summed E-state index contributed by atoms with van der Waals surface area (Å²) >= 11 is 3.41. The molecule has 0 unspecified atom stereocenters. The predicted octanol–water partition coefficient (Wildman–Crippen LogP) is 4.10. The van der Waals surface area contributed by atoms with E-state index < -0.39 is 11.9 Å². The van der Waals surface area contributed by atoms with Gasteiger partial charge in [-0.1, -0.05) is 25.1 Å². The summed E-state index contributed by atoms with van der Waals surface area (Å²) in [5.41, 5.74) is 0.653. The maximum atomic E-state index is 12.2. The Bertz CT molecular complexity index is 849. The van der Waals surface area contributed by atoms with Crippen LogP contribution in [0.1, 0.15) is 29.3 Å². The van der Waals surface area contributed by atoms with E-state index in [1.54, 1.807) is 42.5 Å². The molecule has 0 aromatic heterocycles. The Balaban J connectivity index is 2.33. The third-order valence-corrected chi connectivity index (χ3v) is 4.12. The van der Waals surface area contributed by atoms with Gasteiger partial charge in [0, 0.05) is 5.56 Å². The average molecular weight is 434 g/mol. The van der Waals surface area contributed by atoms with Crippen molar-refractivity contribution < 1.29 is 24.2 Å². The van der Waals surface area contributed by atoms with Crippen molar-refractivity contribution >= 4 is 33.9 Å². The van der Waals surface area contributed by atoms with E-state index in [0.29, 0.717) is 33.7 Å². The average Bonchev–Trinajstić information content (AvgIpc) is 2.66. The highest BCUT2D eigenvalue weighted by Gasteiger charge is 2.15. The van der Waals surface area contributed by atoms with Gasteiger partial charge in [-0.15, -0.1) is 0 Å². The molecule has 7 heteroatoms. The van der Waals surface area contributed by atoms with E-state index in [-0.39, 0.29) is 5.70 Å². The van der Waals surface area contributed by atoms with Gasteiger partial charge in [-0.3, -0.25) is 4.79 Å². The molecule has 0 atom stereocenters. The zero-order valence-electron chi connectivity index (χ0n) is 15.0. The highest BCUT2D eigenvalue weighted by Crippen LogP contribution is 2.37. The van der Waals surface area contributed by atoms with Crippen LogP contribution in [0.5, 0.6) is 11.5 Å². The Hall–Kier alpha value is -2.80. The quantitative estimate of drug-likeness (QED) is 0.612. The number of carboxylic acids is 1. The van der Waals surface area contributed by atoms with E-state index in [1.807, 2.05) is 6.92 Å². The standard InChI is InChI=1S/C20H20BrNO5/c1-3-9-27-18-15(21)10-13(12-17(18)26-2)11-16(20(24)25)22-19(23)14-7-5-4-6-8-14/h4-8,10-12H,3,9H2,1-2H3,(H,22,23)(H,24,25). The summed E-state index contributed by atoms with van der Waals surface area (Å²) < 4.78 is 11.6. The van der Waals surface area contributed by atoms with Crippen LogP contribution in [-0.4, -0.2) is 30.7 Å². The number of methoxy groups -OCH3 is 1. The van der Waals surface area contributed by atoms with E-state index >= 15 is 0 Å².